The van der Waals surface area contributed by atoms with E-state index in [1.807, 2.05) is 20.8 Å². The fourth-order valence-corrected chi connectivity index (χ4v) is 0.873. The van der Waals surface area contributed by atoms with Crippen LogP contribution in [0.2, 0.25) is 0 Å². The van der Waals surface area contributed by atoms with E-state index in [4.69, 9.17) is 4.74 Å². The van der Waals surface area contributed by atoms with Crippen molar-refractivity contribution < 1.29 is 8.95 Å². The van der Waals surface area contributed by atoms with Crippen LogP contribution in [0.25, 0.3) is 0 Å². The Morgan fingerprint density at radius 2 is 1.91 bits per heavy atom. The molecule has 0 spiro atoms. The van der Waals surface area contributed by atoms with Crippen molar-refractivity contribution >= 4 is 16.9 Å². The summed E-state index contributed by atoms with van der Waals surface area (Å²) in [5.74, 6) is 0.457. The van der Waals surface area contributed by atoms with Gasteiger partial charge in [-0.05, 0) is 20.8 Å². The van der Waals surface area contributed by atoms with Crippen molar-refractivity contribution in [1.82, 2.24) is 0 Å². The normalized spacial score (nSPS) is 16.3. The minimum Gasteiger partial charge on any atom is -0.484 e. The van der Waals surface area contributed by atoms with Crippen LogP contribution in [0.1, 0.15) is 27.7 Å². The molecule has 0 aromatic heterocycles. The summed E-state index contributed by atoms with van der Waals surface area (Å²) in [5, 5.41) is 0. The number of hydrogen-bond donors (Lipinski definition) is 0. The molecule has 0 fully saturated rings. The molecule has 0 aliphatic rings. The molecule has 0 saturated carbocycles. The predicted molar refractivity (Wildman–Crippen MR) is 48.0 cm³/mol. The van der Waals surface area contributed by atoms with Crippen LogP contribution >= 0.6 is 0 Å². The monoisotopic (exact) mass is 177 g/mol. The van der Waals surface area contributed by atoms with E-state index < -0.39 is 11.0 Å². The van der Waals surface area contributed by atoms with E-state index in [2.05, 4.69) is 4.40 Å². The molecule has 0 saturated heterocycles. The van der Waals surface area contributed by atoms with Gasteiger partial charge >= 0.3 is 0 Å². The second kappa shape index (κ2) is 3.85. The number of hydrogen-bond acceptors (Lipinski definition) is 2. The van der Waals surface area contributed by atoms with E-state index in [0.717, 1.165) is 0 Å². The molecule has 0 aromatic rings. The summed E-state index contributed by atoms with van der Waals surface area (Å²) in [5.41, 5.74) is 0. The van der Waals surface area contributed by atoms with Crippen LogP contribution in [0.5, 0.6) is 0 Å². The van der Waals surface area contributed by atoms with Gasteiger partial charge in [-0.2, -0.15) is 4.40 Å². The lowest BCUT2D eigenvalue weighted by Gasteiger charge is -2.13. The average molecular weight is 177 g/mol. The van der Waals surface area contributed by atoms with E-state index in [0.29, 0.717) is 5.90 Å². The van der Waals surface area contributed by atoms with Gasteiger partial charge < -0.3 is 4.74 Å². The lowest BCUT2D eigenvalue weighted by molar-refractivity contribution is 0.401. The van der Waals surface area contributed by atoms with Gasteiger partial charge in [0.1, 0.15) is 11.0 Å². The Morgan fingerprint density at radius 1 is 1.45 bits per heavy atom. The van der Waals surface area contributed by atoms with Gasteiger partial charge in [-0.1, -0.05) is 0 Å². The summed E-state index contributed by atoms with van der Waals surface area (Å²) in [6.45, 7) is 7.30. The average Bonchev–Trinajstić information content (AvgIpc) is 1.85. The summed E-state index contributed by atoms with van der Waals surface area (Å²) < 4.78 is 19.6. The Balaban J connectivity index is 4.30. The van der Waals surface area contributed by atoms with E-state index in [1.165, 1.54) is 7.11 Å². The molecule has 11 heavy (non-hydrogen) atoms. The van der Waals surface area contributed by atoms with Crippen molar-refractivity contribution in [3.63, 3.8) is 0 Å². The van der Waals surface area contributed by atoms with Gasteiger partial charge in [0, 0.05) is 6.92 Å². The zero-order valence-electron chi connectivity index (χ0n) is 7.67. The fourth-order valence-electron chi connectivity index (χ4n) is 0.291. The summed E-state index contributed by atoms with van der Waals surface area (Å²) in [6, 6.07) is 0. The summed E-state index contributed by atoms with van der Waals surface area (Å²) >= 11 is 0. The molecule has 0 aromatic carbocycles. The highest BCUT2D eigenvalue weighted by molar-refractivity contribution is 7.85. The predicted octanol–water partition coefficient (Wildman–Crippen LogP) is 1.51. The summed E-state index contributed by atoms with van der Waals surface area (Å²) in [4.78, 5) is 0. The van der Waals surface area contributed by atoms with Gasteiger partial charge in [-0.15, -0.1) is 0 Å². The molecule has 0 bridgehead atoms. The van der Waals surface area contributed by atoms with Gasteiger partial charge in [-0.25, -0.2) is 4.21 Å². The molecular weight excluding hydrogens is 162 g/mol. The van der Waals surface area contributed by atoms with Gasteiger partial charge in [0.15, 0.2) is 5.90 Å². The zero-order valence-corrected chi connectivity index (χ0v) is 8.49. The van der Waals surface area contributed by atoms with Gasteiger partial charge in [0.2, 0.25) is 0 Å². The number of rotatable bonds is 1. The Kier molecular flexibility index (Phi) is 3.72. The lowest BCUT2D eigenvalue weighted by Crippen LogP contribution is -2.20. The maximum Gasteiger partial charge on any atom is 0.194 e. The standard InChI is InChI=1S/C7H15NO2S/c1-6(10-5)8-11(9)7(2,3)4/h1-5H3/b8-6+. The molecule has 0 N–H and O–H groups in total. The first-order valence-electron chi connectivity index (χ1n) is 3.39. The van der Waals surface area contributed by atoms with Crippen LogP contribution < -0.4 is 0 Å². The van der Waals surface area contributed by atoms with Crippen LogP contribution in [-0.2, 0) is 15.7 Å². The topological polar surface area (TPSA) is 38.7 Å². The quantitative estimate of drug-likeness (QED) is 0.450. The van der Waals surface area contributed by atoms with E-state index in [9.17, 15) is 4.21 Å². The van der Waals surface area contributed by atoms with E-state index in [-0.39, 0.29) is 4.75 Å². The van der Waals surface area contributed by atoms with Crippen LogP contribution in [0, 0.1) is 0 Å². The molecule has 0 aliphatic heterocycles. The number of methoxy groups -OCH3 is 1. The second-order valence-electron chi connectivity index (χ2n) is 3.18. The largest absolute Gasteiger partial charge is 0.484 e. The highest BCUT2D eigenvalue weighted by atomic mass is 32.2. The highest BCUT2D eigenvalue weighted by Gasteiger charge is 2.18. The maximum atomic E-state index is 11.3. The summed E-state index contributed by atoms with van der Waals surface area (Å²) in [6.07, 6.45) is 0. The minimum atomic E-state index is -1.20. The molecule has 0 amide bonds. The van der Waals surface area contributed by atoms with Crippen molar-refractivity contribution in [1.29, 1.82) is 0 Å². The Bertz CT molecular complexity index is 181. The molecule has 0 aliphatic carbocycles. The lowest BCUT2D eigenvalue weighted by atomic mass is 10.3. The van der Waals surface area contributed by atoms with E-state index >= 15 is 0 Å². The first kappa shape index (κ1) is 10.6. The van der Waals surface area contributed by atoms with Crippen LogP contribution in [0.4, 0.5) is 0 Å². The molecule has 1 unspecified atom stereocenters. The first-order valence-corrected chi connectivity index (χ1v) is 4.50. The van der Waals surface area contributed by atoms with Crippen LogP contribution in [0.15, 0.2) is 4.40 Å². The molecule has 4 heteroatoms. The molecule has 0 heterocycles. The third-order valence-electron chi connectivity index (χ3n) is 1.03. The minimum absolute atomic E-state index is 0.306. The van der Waals surface area contributed by atoms with Crippen molar-refractivity contribution in [3.05, 3.63) is 0 Å². The molecule has 0 rings (SSSR count). The van der Waals surface area contributed by atoms with Gasteiger partial charge in [-0.3, -0.25) is 0 Å². The van der Waals surface area contributed by atoms with E-state index in [1.54, 1.807) is 6.92 Å². The maximum absolute atomic E-state index is 11.3. The molecule has 0 radical (unpaired) electrons. The smallest absolute Gasteiger partial charge is 0.194 e. The number of nitrogens with zero attached hydrogens (tertiary/aromatic N) is 1. The summed E-state index contributed by atoms with van der Waals surface area (Å²) in [7, 11) is 0.308. The molecule has 1 atom stereocenters. The molecule has 66 valence electrons. The molecule has 3 nitrogen and oxygen atoms in total. The highest BCUT2D eigenvalue weighted by Crippen LogP contribution is 2.12. The van der Waals surface area contributed by atoms with Gasteiger partial charge in [0.25, 0.3) is 0 Å². The number of ether oxygens (including phenoxy) is 1. The fraction of sp³-hybridized carbons (Fsp3) is 0.857. The Labute approximate surface area is 70.4 Å². The first-order chi connectivity index (χ1) is 4.88. The zero-order chi connectivity index (χ0) is 9.07. The van der Waals surface area contributed by atoms with Crippen molar-refractivity contribution in [2.75, 3.05) is 7.11 Å². The van der Waals surface area contributed by atoms with Crippen molar-refractivity contribution in [2.24, 2.45) is 4.40 Å². The van der Waals surface area contributed by atoms with Crippen LogP contribution in [0.3, 0.4) is 0 Å². The third-order valence-corrected chi connectivity index (χ3v) is 2.50. The second-order valence-corrected chi connectivity index (χ2v) is 5.08. The van der Waals surface area contributed by atoms with Gasteiger partial charge in [0.05, 0.1) is 11.9 Å². The Hall–Kier alpha value is -0.380. The SMILES string of the molecule is CO/C(C)=N/S(=O)C(C)(C)C. The Morgan fingerprint density at radius 3 is 2.18 bits per heavy atom. The third kappa shape index (κ3) is 4.14. The van der Waals surface area contributed by atoms with Crippen molar-refractivity contribution in [3.8, 4) is 0 Å². The van der Waals surface area contributed by atoms with Crippen LogP contribution in [-0.4, -0.2) is 22.0 Å². The van der Waals surface area contributed by atoms with Crippen molar-refractivity contribution in [2.45, 2.75) is 32.4 Å². The molecular formula is C7H15NO2S.